The molecule has 2 aromatic carbocycles. The summed E-state index contributed by atoms with van der Waals surface area (Å²) in [5.74, 6) is -0.554. The number of rotatable bonds is 5. The number of hydrogen-bond acceptors (Lipinski definition) is 2. The predicted molar refractivity (Wildman–Crippen MR) is 80.7 cm³/mol. The second kappa shape index (κ2) is 6.78. The van der Waals surface area contributed by atoms with Gasteiger partial charge in [0.1, 0.15) is 11.6 Å². The highest BCUT2D eigenvalue weighted by Gasteiger charge is 2.24. The monoisotopic (exact) mass is 290 g/mol. The van der Waals surface area contributed by atoms with Crippen molar-refractivity contribution < 1.29 is 8.78 Å². The zero-order valence-corrected chi connectivity index (χ0v) is 12.3. The molecule has 2 nitrogen and oxygen atoms in total. The lowest BCUT2D eigenvalue weighted by atomic mass is 9.98. The van der Waals surface area contributed by atoms with Crippen LogP contribution in [0.25, 0.3) is 0 Å². The van der Waals surface area contributed by atoms with Crippen molar-refractivity contribution in [2.75, 3.05) is 7.05 Å². The molecule has 2 rings (SSSR count). The first-order chi connectivity index (χ1) is 10.0. The lowest BCUT2D eigenvalue weighted by Gasteiger charge is -2.31. The molecule has 21 heavy (non-hydrogen) atoms. The van der Waals surface area contributed by atoms with Gasteiger partial charge in [-0.2, -0.15) is 0 Å². The maximum Gasteiger partial charge on any atom is 0.128 e. The van der Waals surface area contributed by atoms with Gasteiger partial charge in [-0.15, -0.1) is 0 Å². The van der Waals surface area contributed by atoms with Crippen molar-refractivity contribution in [1.29, 1.82) is 0 Å². The Hall–Kier alpha value is -1.78. The molecule has 2 N–H and O–H groups in total. The van der Waals surface area contributed by atoms with Gasteiger partial charge >= 0.3 is 0 Å². The van der Waals surface area contributed by atoms with Crippen LogP contribution in [-0.4, -0.2) is 18.0 Å². The SMILES string of the molecule is CC(N)C(c1ccccc1F)N(C)Cc1ccccc1F. The first-order valence-corrected chi connectivity index (χ1v) is 6.94. The molecule has 0 heterocycles. The van der Waals surface area contributed by atoms with Crippen molar-refractivity contribution in [1.82, 2.24) is 4.90 Å². The molecule has 0 bridgehead atoms. The summed E-state index contributed by atoms with van der Waals surface area (Å²) in [6.07, 6.45) is 0. The van der Waals surface area contributed by atoms with Crippen LogP contribution < -0.4 is 5.73 Å². The van der Waals surface area contributed by atoms with E-state index in [1.807, 2.05) is 18.9 Å². The van der Waals surface area contributed by atoms with Crippen molar-refractivity contribution in [3.8, 4) is 0 Å². The van der Waals surface area contributed by atoms with E-state index in [9.17, 15) is 8.78 Å². The van der Waals surface area contributed by atoms with Gasteiger partial charge in [0.15, 0.2) is 0 Å². The molecule has 0 spiro atoms. The molecular weight excluding hydrogens is 270 g/mol. The molecule has 2 unspecified atom stereocenters. The minimum absolute atomic E-state index is 0.263. The van der Waals surface area contributed by atoms with Crippen LogP contribution in [0.5, 0.6) is 0 Å². The Morgan fingerprint density at radius 2 is 1.57 bits per heavy atom. The minimum Gasteiger partial charge on any atom is -0.326 e. The van der Waals surface area contributed by atoms with Crippen molar-refractivity contribution >= 4 is 0 Å². The Bertz CT molecular complexity index is 599. The van der Waals surface area contributed by atoms with Crippen LogP contribution in [0.15, 0.2) is 48.5 Å². The van der Waals surface area contributed by atoms with Gasteiger partial charge < -0.3 is 5.73 Å². The fraction of sp³-hybridized carbons (Fsp3) is 0.294. The zero-order valence-electron chi connectivity index (χ0n) is 12.3. The number of nitrogens with two attached hydrogens (primary N) is 1. The highest BCUT2D eigenvalue weighted by Crippen LogP contribution is 2.26. The third-order valence-electron chi connectivity index (χ3n) is 3.57. The topological polar surface area (TPSA) is 29.3 Å². The summed E-state index contributed by atoms with van der Waals surface area (Å²) < 4.78 is 27.8. The van der Waals surface area contributed by atoms with Gasteiger partial charge in [-0.25, -0.2) is 8.78 Å². The maximum absolute atomic E-state index is 14.0. The highest BCUT2D eigenvalue weighted by atomic mass is 19.1. The molecule has 2 atom stereocenters. The van der Waals surface area contributed by atoms with Gasteiger partial charge in [-0.3, -0.25) is 4.90 Å². The smallest absolute Gasteiger partial charge is 0.128 e. The Balaban J connectivity index is 2.27. The lowest BCUT2D eigenvalue weighted by Crippen LogP contribution is -2.37. The number of benzene rings is 2. The molecular formula is C17H20F2N2. The molecule has 4 heteroatoms. The Labute approximate surface area is 124 Å². The van der Waals surface area contributed by atoms with Crippen LogP contribution in [-0.2, 0) is 6.54 Å². The van der Waals surface area contributed by atoms with Crippen LogP contribution >= 0.6 is 0 Å². The van der Waals surface area contributed by atoms with Crippen LogP contribution in [0.2, 0.25) is 0 Å². The summed E-state index contributed by atoms with van der Waals surface area (Å²) in [6, 6.07) is 12.6. The van der Waals surface area contributed by atoms with E-state index in [-0.39, 0.29) is 23.7 Å². The van der Waals surface area contributed by atoms with Crippen LogP contribution in [0.3, 0.4) is 0 Å². The second-order valence-electron chi connectivity index (χ2n) is 5.33. The van der Waals surface area contributed by atoms with E-state index >= 15 is 0 Å². The van der Waals surface area contributed by atoms with Crippen LogP contribution in [0.1, 0.15) is 24.1 Å². The van der Waals surface area contributed by atoms with Crippen LogP contribution in [0, 0.1) is 11.6 Å². The van der Waals surface area contributed by atoms with E-state index in [0.29, 0.717) is 17.7 Å². The molecule has 0 amide bonds. The number of likely N-dealkylation sites (N-methyl/N-ethyl adjacent to an activating group) is 1. The summed E-state index contributed by atoms with van der Waals surface area (Å²) in [4.78, 5) is 1.88. The summed E-state index contributed by atoms with van der Waals surface area (Å²) in [7, 11) is 1.83. The van der Waals surface area contributed by atoms with E-state index < -0.39 is 0 Å². The molecule has 0 saturated heterocycles. The first kappa shape index (κ1) is 15.6. The van der Waals surface area contributed by atoms with Gasteiger partial charge in [0.2, 0.25) is 0 Å². The standard InChI is InChI=1S/C17H20F2N2/c1-12(20)17(14-8-4-6-10-16(14)19)21(2)11-13-7-3-5-9-15(13)18/h3-10,12,17H,11,20H2,1-2H3. The van der Waals surface area contributed by atoms with E-state index in [4.69, 9.17) is 5.73 Å². The van der Waals surface area contributed by atoms with Gasteiger partial charge in [-0.05, 0) is 26.1 Å². The molecule has 0 aliphatic rings. The second-order valence-corrected chi connectivity index (χ2v) is 5.33. The molecule has 0 fully saturated rings. The molecule has 0 aliphatic carbocycles. The number of hydrogen-bond donors (Lipinski definition) is 1. The highest BCUT2D eigenvalue weighted by molar-refractivity contribution is 5.24. The third kappa shape index (κ3) is 3.65. The van der Waals surface area contributed by atoms with Crippen molar-refractivity contribution in [3.05, 3.63) is 71.3 Å². The molecule has 0 aliphatic heterocycles. The third-order valence-corrected chi connectivity index (χ3v) is 3.57. The average molecular weight is 290 g/mol. The van der Waals surface area contributed by atoms with Gasteiger partial charge in [0, 0.05) is 23.7 Å². The van der Waals surface area contributed by atoms with E-state index in [1.54, 1.807) is 36.4 Å². The predicted octanol–water partition coefficient (Wildman–Crippen LogP) is 3.49. The Morgan fingerprint density at radius 1 is 1.00 bits per heavy atom. The molecule has 0 saturated carbocycles. The normalized spacial score (nSPS) is 14.2. The summed E-state index contributed by atoms with van der Waals surface area (Å²) in [5.41, 5.74) is 7.13. The maximum atomic E-state index is 14.0. The van der Waals surface area contributed by atoms with Crippen molar-refractivity contribution in [3.63, 3.8) is 0 Å². The molecule has 112 valence electrons. The number of halogens is 2. The summed E-state index contributed by atoms with van der Waals surface area (Å²) in [5, 5.41) is 0. The summed E-state index contributed by atoms with van der Waals surface area (Å²) in [6.45, 7) is 2.20. The first-order valence-electron chi connectivity index (χ1n) is 6.94. The van der Waals surface area contributed by atoms with E-state index in [0.717, 1.165) is 0 Å². The van der Waals surface area contributed by atoms with Gasteiger partial charge in [0.05, 0.1) is 6.04 Å². The van der Waals surface area contributed by atoms with Crippen molar-refractivity contribution in [2.24, 2.45) is 5.73 Å². The van der Waals surface area contributed by atoms with E-state index in [2.05, 4.69) is 0 Å². The Kier molecular flexibility index (Phi) is 5.04. The van der Waals surface area contributed by atoms with Crippen molar-refractivity contribution in [2.45, 2.75) is 25.6 Å². The fourth-order valence-corrected chi connectivity index (χ4v) is 2.63. The molecule has 2 aromatic rings. The zero-order chi connectivity index (χ0) is 15.4. The Morgan fingerprint density at radius 3 is 2.14 bits per heavy atom. The molecule has 0 aromatic heterocycles. The summed E-state index contributed by atoms with van der Waals surface area (Å²) >= 11 is 0. The van der Waals surface area contributed by atoms with Gasteiger partial charge in [0.25, 0.3) is 0 Å². The molecule has 0 radical (unpaired) electrons. The average Bonchev–Trinajstić information content (AvgIpc) is 2.43. The van der Waals surface area contributed by atoms with Crippen LogP contribution in [0.4, 0.5) is 8.78 Å². The largest absolute Gasteiger partial charge is 0.326 e. The van der Waals surface area contributed by atoms with E-state index in [1.165, 1.54) is 12.1 Å². The number of nitrogens with zero attached hydrogens (tertiary/aromatic N) is 1. The minimum atomic E-state index is -0.314. The van der Waals surface area contributed by atoms with Gasteiger partial charge in [-0.1, -0.05) is 36.4 Å². The quantitative estimate of drug-likeness (QED) is 0.913. The lowest BCUT2D eigenvalue weighted by molar-refractivity contribution is 0.204. The fourth-order valence-electron chi connectivity index (χ4n) is 2.63.